The molecule has 176 valence electrons. The smallest absolute Gasteiger partial charge is 0.449 e. The Labute approximate surface area is 192 Å². The van der Waals surface area contributed by atoms with Crippen molar-refractivity contribution in [3.05, 3.63) is 89.6 Å². The summed E-state index contributed by atoms with van der Waals surface area (Å²) in [7, 11) is 1.52. The molecule has 0 fully saturated rings. The van der Waals surface area contributed by atoms with Crippen LogP contribution in [-0.2, 0) is 30.6 Å². The summed E-state index contributed by atoms with van der Waals surface area (Å²) in [5, 5.41) is 2.53. The fourth-order valence-electron chi connectivity index (χ4n) is 3.64. The average molecular weight is 470 g/mol. The first kappa shape index (κ1) is 23.1. The minimum Gasteiger partial charge on any atom is -0.467 e. The zero-order chi connectivity index (χ0) is 24.3. The molecule has 0 aliphatic carbocycles. The molecule has 0 spiro atoms. The van der Waals surface area contributed by atoms with Crippen LogP contribution in [-0.4, -0.2) is 33.3 Å². The number of hydrogen-bond donors (Lipinski definition) is 1. The second kappa shape index (κ2) is 9.42. The maximum absolute atomic E-state index is 13.7. The lowest BCUT2D eigenvalue weighted by atomic mass is 10.1. The van der Waals surface area contributed by atoms with Crippen LogP contribution in [0.2, 0.25) is 0 Å². The second-order valence-electron chi connectivity index (χ2n) is 7.61. The molecule has 0 radical (unpaired) electrons. The monoisotopic (exact) mass is 470 g/mol. The van der Waals surface area contributed by atoms with Gasteiger partial charge in [-0.3, -0.25) is 9.59 Å². The molecule has 1 N–H and O–H groups in total. The third-order valence-electron chi connectivity index (χ3n) is 5.30. The quantitative estimate of drug-likeness (QED) is 0.438. The van der Waals surface area contributed by atoms with Crippen LogP contribution < -0.4 is 5.32 Å². The van der Waals surface area contributed by atoms with Gasteiger partial charge in [0.05, 0.1) is 23.8 Å². The highest BCUT2D eigenvalue weighted by atomic mass is 19.4. The van der Waals surface area contributed by atoms with Crippen molar-refractivity contribution in [2.75, 3.05) is 7.05 Å². The Morgan fingerprint density at radius 2 is 1.76 bits per heavy atom. The van der Waals surface area contributed by atoms with Gasteiger partial charge in [0.1, 0.15) is 12.3 Å². The van der Waals surface area contributed by atoms with Crippen molar-refractivity contribution in [2.45, 2.75) is 25.8 Å². The van der Waals surface area contributed by atoms with Crippen LogP contribution in [0.25, 0.3) is 11.0 Å². The van der Waals surface area contributed by atoms with Gasteiger partial charge in [-0.2, -0.15) is 13.2 Å². The van der Waals surface area contributed by atoms with Crippen LogP contribution in [0.3, 0.4) is 0 Å². The molecule has 0 aliphatic heterocycles. The predicted octanol–water partition coefficient (Wildman–Crippen LogP) is 4.24. The molecule has 2 aromatic heterocycles. The van der Waals surface area contributed by atoms with Gasteiger partial charge in [-0.15, -0.1) is 0 Å². The standard InChI is InChI=1S/C24H21F3N4O3/c1-28-22(33)17-10-8-16(9-11-17)13-30(14-18-5-4-12-34-18)21(32)15-31-20-7-3-2-6-19(20)29-23(31)24(25,26)27/h2-12H,13-15H2,1H3,(H,28,33). The molecule has 10 heteroatoms. The number of rotatable bonds is 7. The highest BCUT2D eigenvalue weighted by molar-refractivity contribution is 5.94. The SMILES string of the molecule is CNC(=O)c1ccc(CN(Cc2ccco2)C(=O)Cn2c(C(F)(F)F)nc3ccccc32)cc1. The van der Waals surface area contributed by atoms with Gasteiger partial charge >= 0.3 is 6.18 Å². The van der Waals surface area contributed by atoms with Gasteiger partial charge < -0.3 is 19.2 Å². The van der Waals surface area contributed by atoms with E-state index in [1.54, 1.807) is 48.5 Å². The molecule has 34 heavy (non-hydrogen) atoms. The number of nitrogens with zero attached hydrogens (tertiary/aromatic N) is 3. The van der Waals surface area contributed by atoms with E-state index >= 15 is 0 Å². The van der Waals surface area contributed by atoms with Crippen molar-refractivity contribution in [1.82, 2.24) is 19.8 Å². The number of benzene rings is 2. The maximum atomic E-state index is 13.7. The van der Waals surface area contributed by atoms with E-state index < -0.39 is 24.5 Å². The van der Waals surface area contributed by atoms with E-state index in [1.807, 2.05) is 0 Å². The number of hydrogen-bond acceptors (Lipinski definition) is 4. The summed E-state index contributed by atoms with van der Waals surface area (Å²) in [4.78, 5) is 30.2. The van der Waals surface area contributed by atoms with E-state index in [2.05, 4.69) is 10.3 Å². The summed E-state index contributed by atoms with van der Waals surface area (Å²) in [6, 6.07) is 16.1. The lowest BCUT2D eigenvalue weighted by Crippen LogP contribution is -2.34. The number of nitrogens with one attached hydrogen (secondary N) is 1. The third-order valence-corrected chi connectivity index (χ3v) is 5.30. The molecule has 0 aliphatic rings. The largest absolute Gasteiger partial charge is 0.467 e. The molecule has 2 aromatic carbocycles. The number of aromatic nitrogens is 2. The summed E-state index contributed by atoms with van der Waals surface area (Å²) in [5.74, 6) is -1.43. The van der Waals surface area contributed by atoms with Crippen molar-refractivity contribution in [3.63, 3.8) is 0 Å². The molecule has 4 aromatic rings. The minimum atomic E-state index is -4.72. The molecule has 0 saturated carbocycles. The Morgan fingerprint density at radius 1 is 1.03 bits per heavy atom. The molecule has 2 heterocycles. The molecule has 2 amide bonds. The fourth-order valence-corrected chi connectivity index (χ4v) is 3.64. The van der Waals surface area contributed by atoms with E-state index in [0.29, 0.717) is 16.9 Å². The molecule has 7 nitrogen and oxygen atoms in total. The van der Waals surface area contributed by atoms with Gasteiger partial charge in [-0.05, 0) is 42.0 Å². The first-order valence-corrected chi connectivity index (χ1v) is 10.4. The number of imidazole rings is 1. The number of carbonyl (C=O) groups is 2. The van der Waals surface area contributed by atoms with Crippen LogP contribution in [0.5, 0.6) is 0 Å². The van der Waals surface area contributed by atoms with Crippen LogP contribution in [0.15, 0.2) is 71.3 Å². The van der Waals surface area contributed by atoms with Crippen LogP contribution in [0.1, 0.15) is 27.5 Å². The summed E-state index contributed by atoms with van der Waals surface area (Å²) >= 11 is 0. The van der Waals surface area contributed by atoms with Crippen molar-refractivity contribution in [1.29, 1.82) is 0 Å². The normalized spacial score (nSPS) is 11.5. The van der Waals surface area contributed by atoms with E-state index in [4.69, 9.17) is 4.42 Å². The Hall–Kier alpha value is -4.08. The van der Waals surface area contributed by atoms with Gasteiger partial charge in [0.25, 0.3) is 5.91 Å². The zero-order valence-electron chi connectivity index (χ0n) is 18.2. The minimum absolute atomic E-state index is 0.0665. The van der Waals surface area contributed by atoms with Crippen LogP contribution in [0, 0.1) is 0 Å². The van der Waals surface area contributed by atoms with Gasteiger partial charge in [0.2, 0.25) is 11.7 Å². The molecular weight excluding hydrogens is 449 g/mol. The zero-order valence-corrected chi connectivity index (χ0v) is 18.2. The van der Waals surface area contributed by atoms with Gasteiger partial charge in [0, 0.05) is 19.2 Å². The number of halogens is 3. The van der Waals surface area contributed by atoms with E-state index in [1.165, 1.54) is 30.3 Å². The van der Waals surface area contributed by atoms with Crippen LogP contribution >= 0.6 is 0 Å². The average Bonchev–Trinajstić information content (AvgIpc) is 3.46. The van der Waals surface area contributed by atoms with Gasteiger partial charge in [-0.1, -0.05) is 24.3 Å². The highest BCUT2D eigenvalue weighted by Gasteiger charge is 2.38. The Bertz CT molecular complexity index is 1300. The van der Waals surface area contributed by atoms with Crippen molar-refractivity contribution < 1.29 is 27.2 Å². The number of furan rings is 1. The first-order chi connectivity index (χ1) is 16.3. The summed E-state index contributed by atoms with van der Waals surface area (Å²) < 4.78 is 47.2. The fraction of sp³-hybridized carbons (Fsp3) is 0.208. The van der Waals surface area contributed by atoms with E-state index in [9.17, 15) is 22.8 Å². The first-order valence-electron chi connectivity index (χ1n) is 10.4. The summed E-state index contributed by atoms with van der Waals surface area (Å²) in [5.41, 5.74) is 1.54. The number of amides is 2. The van der Waals surface area contributed by atoms with Gasteiger partial charge in [0.15, 0.2) is 0 Å². The molecule has 0 bridgehead atoms. The number of alkyl halides is 3. The molecule has 0 atom stereocenters. The summed E-state index contributed by atoms with van der Waals surface area (Å²) in [6.07, 6.45) is -3.26. The van der Waals surface area contributed by atoms with Crippen molar-refractivity contribution >= 4 is 22.8 Å². The maximum Gasteiger partial charge on any atom is 0.449 e. The Kier molecular flexibility index (Phi) is 6.40. The number of fused-ring (bicyclic) bond motifs is 1. The summed E-state index contributed by atoms with van der Waals surface area (Å²) in [6.45, 7) is -0.370. The molecule has 0 saturated heterocycles. The Balaban J connectivity index is 1.63. The second-order valence-corrected chi connectivity index (χ2v) is 7.61. The van der Waals surface area contributed by atoms with Crippen LogP contribution in [0.4, 0.5) is 13.2 Å². The molecule has 0 unspecified atom stereocenters. The van der Waals surface area contributed by atoms with E-state index in [-0.39, 0.29) is 30.0 Å². The number of carbonyl (C=O) groups excluding carboxylic acids is 2. The molecular formula is C24H21F3N4O3. The third kappa shape index (κ3) is 4.95. The van der Waals surface area contributed by atoms with E-state index in [0.717, 1.165) is 4.57 Å². The molecule has 4 rings (SSSR count). The van der Waals surface area contributed by atoms with Gasteiger partial charge in [-0.25, -0.2) is 4.98 Å². The lowest BCUT2D eigenvalue weighted by molar-refractivity contribution is -0.148. The highest BCUT2D eigenvalue weighted by Crippen LogP contribution is 2.31. The van der Waals surface area contributed by atoms with Crippen molar-refractivity contribution in [3.8, 4) is 0 Å². The van der Waals surface area contributed by atoms with Crippen molar-refractivity contribution in [2.24, 2.45) is 0 Å². The number of para-hydroxylation sites is 2. The predicted molar refractivity (Wildman–Crippen MR) is 118 cm³/mol. The lowest BCUT2D eigenvalue weighted by Gasteiger charge is -2.23. The topological polar surface area (TPSA) is 80.4 Å². The Morgan fingerprint density at radius 3 is 2.41 bits per heavy atom.